The van der Waals surface area contributed by atoms with E-state index in [4.69, 9.17) is 4.74 Å². The molecule has 0 saturated carbocycles. The van der Waals surface area contributed by atoms with Gasteiger partial charge in [-0.1, -0.05) is 0 Å². The number of rotatable bonds is 3. The van der Waals surface area contributed by atoms with Crippen LogP contribution < -0.4 is 0 Å². The quantitative estimate of drug-likeness (QED) is 0.759. The van der Waals surface area contributed by atoms with Gasteiger partial charge in [0.2, 0.25) is 0 Å². The van der Waals surface area contributed by atoms with E-state index in [1.54, 1.807) is 17.9 Å². The van der Waals surface area contributed by atoms with E-state index in [1.807, 2.05) is 27.1 Å². The molecule has 0 spiro atoms. The lowest BCUT2D eigenvalue weighted by Gasteiger charge is -2.17. The second kappa shape index (κ2) is 4.82. The SMILES string of the molecule is CC(C)OC(=O)N(C)Cc1cnn(C)c1. The first-order valence-corrected chi connectivity index (χ1v) is 4.88. The molecule has 15 heavy (non-hydrogen) atoms. The van der Waals surface area contributed by atoms with Gasteiger partial charge in [-0.15, -0.1) is 0 Å². The molecule has 0 aliphatic heterocycles. The first-order chi connectivity index (χ1) is 6.99. The van der Waals surface area contributed by atoms with Gasteiger partial charge in [0, 0.05) is 25.9 Å². The van der Waals surface area contributed by atoms with Crippen LogP contribution in [0, 0.1) is 0 Å². The van der Waals surface area contributed by atoms with E-state index in [1.165, 1.54) is 4.90 Å². The predicted molar refractivity (Wildman–Crippen MR) is 56.3 cm³/mol. The molecule has 1 heterocycles. The van der Waals surface area contributed by atoms with Crippen LogP contribution in [-0.4, -0.2) is 33.9 Å². The van der Waals surface area contributed by atoms with Gasteiger partial charge in [-0.2, -0.15) is 5.10 Å². The van der Waals surface area contributed by atoms with Crippen molar-refractivity contribution in [1.82, 2.24) is 14.7 Å². The van der Waals surface area contributed by atoms with Gasteiger partial charge in [-0.25, -0.2) is 4.79 Å². The molecular weight excluding hydrogens is 194 g/mol. The summed E-state index contributed by atoms with van der Waals surface area (Å²) in [4.78, 5) is 13.0. The second-order valence-corrected chi connectivity index (χ2v) is 3.81. The van der Waals surface area contributed by atoms with E-state index < -0.39 is 0 Å². The van der Waals surface area contributed by atoms with Crippen LogP contribution >= 0.6 is 0 Å². The largest absolute Gasteiger partial charge is 0.447 e. The van der Waals surface area contributed by atoms with Crippen LogP contribution in [-0.2, 0) is 18.3 Å². The molecule has 0 unspecified atom stereocenters. The van der Waals surface area contributed by atoms with Crippen molar-refractivity contribution in [2.75, 3.05) is 7.05 Å². The molecule has 1 aromatic rings. The molecule has 0 N–H and O–H groups in total. The number of ether oxygens (including phenoxy) is 1. The van der Waals surface area contributed by atoms with Crippen molar-refractivity contribution in [2.24, 2.45) is 7.05 Å². The minimum Gasteiger partial charge on any atom is -0.447 e. The Morgan fingerprint density at radius 1 is 1.67 bits per heavy atom. The summed E-state index contributed by atoms with van der Waals surface area (Å²) in [7, 11) is 3.55. The summed E-state index contributed by atoms with van der Waals surface area (Å²) >= 11 is 0. The number of carbonyl (C=O) groups excluding carboxylic acids is 1. The van der Waals surface area contributed by atoms with Crippen LogP contribution in [0.2, 0.25) is 0 Å². The minimum absolute atomic E-state index is 0.0890. The van der Waals surface area contributed by atoms with Crippen LogP contribution in [0.4, 0.5) is 4.79 Å². The van der Waals surface area contributed by atoms with Crippen LogP contribution in [0.25, 0.3) is 0 Å². The maximum atomic E-state index is 11.4. The third-order valence-electron chi connectivity index (χ3n) is 1.83. The number of amides is 1. The van der Waals surface area contributed by atoms with Gasteiger partial charge in [-0.3, -0.25) is 4.68 Å². The highest BCUT2D eigenvalue weighted by Gasteiger charge is 2.12. The predicted octanol–water partition coefficient (Wildman–Crippen LogP) is 1.40. The summed E-state index contributed by atoms with van der Waals surface area (Å²) in [6, 6.07) is 0. The Labute approximate surface area is 89.6 Å². The molecule has 1 aromatic heterocycles. The van der Waals surface area contributed by atoms with Crippen molar-refractivity contribution in [3.05, 3.63) is 18.0 Å². The highest BCUT2D eigenvalue weighted by molar-refractivity contribution is 5.67. The third kappa shape index (κ3) is 3.61. The highest BCUT2D eigenvalue weighted by Crippen LogP contribution is 2.03. The summed E-state index contributed by atoms with van der Waals surface area (Å²) in [5.41, 5.74) is 0.987. The lowest BCUT2D eigenvalue weighted by atomic mass is 10.3. The number of aromatic nitrogens is 2. The molecule has 1 rings (SSSR count). The van der Waals surface area contributed by atoms with E-state index in [0.29, 0.717) is 6.54 Å². The molecule has 1 amide bonds. The maximum absolute atomic E-state index is 11.4. The van der Waals surface area contributed by atoms with Crippen LogP contribution in [0.1, 0.15) is 19.4 Å². The molecule has 0 radical (unpaired) electrons. The molecule has 5 heteroatoms. The van der Waals surface area contributed by atoms with Crippen molar-refractivity contribution in [1.29, 1.82) is 0 Å². The van der Waals surface area contributed by atoms with Crippen molar-refractivity contribution < 1.29 is 9.53 Å². The zero-order chi connectivity index (χ0) is 11.4. The Kier molecular flexibility index (Phi) is 3.71. The minimum atomic E-state index is -0.311. The summed E-state index contributed by atoms with van der Waals surface area (Å²) < 4.78 is 6.76. The maximum Gasteiger partial charge on any atom is 0.410 e. The fourth-order valence-electron chi connectivity index (χ4n) is 1.18. The van der Waals surface area contributed by atoms with E-state index in [9.17, 15) is 4.79 Å². The second-order valence-electron chi connectivity index (χ2n) is 3.81. The topological polar surface area (TPSA) is 47.4 Å². The summed E-state index contributed by atoms with van der Waals surface area (Å²) in [6.45, 7) is 4.17. The Balaban J connectivity index is 2.48. The lowest BCUT2D eigenvalue weighted by Crippen LogP contribution is -2.28. The van der Waals surface area contributed by atoms with Crippen molar-refractivity contribution >= 4 is 6.09 Å². The Bertz CT molecular complexity index is 333. The van der Waals surface area contributed by atoms with Gasteiger partial charge in [-0.05, 0) is 13.8 Å². The molecule has 0 saturated heterocycles. The highest BCUT2D eigenvalue weighted by atomic mass is 16.6. The smallest absolute Gasteiger partial charge is 0.410 e. The average molecular weight is 211 g/mol. The van der Waals surface area contributed by atoms with Gasteiger partial charge in [0.1, 0.15) is 0 Å². The van der Waals surface area contributed by atoms with Crippen LogP contribution in [0.5, 0.6) is 0 Å². The normalized spacial score (nSPS) is 10.5. The Hall–Kier alpha value is -1.52. The van der Waals surface area contributed by atoms with Gasteiger partial charge < -0.3 is 9.64 Å². The molecular formula is C10H17N3O2. The number of aryl methyl sites for hydroxylation is 1. The number of hydrogen-bond donors (Lipinski definition) is 0. The average Bonchev–Trinajstić information content (AvgIpc) is 2.50. The van der Waals surface area contributed by atoms with Gasteiger partial charge in [0.05, 0.1) is 18.8 Å². The van der Waals surface area contributed by atoms with Crippen molar-refractivity contribution in [3.8, 4) is 0 Å². The van der Waals surface area contributed by atoms with Crippen LogP contribution in [0.15, 0.2) is 12.4 Å². The number of nitrogens with zero attached hydrogens (tertiary/aromatic N) is 3. The van der Waals surface area contributed by atoms with Gasteiger partial charge in [0.25, 0.3) is 0 Å². The van der Waals surface area contributed by atoms with Crippen molar-refractivity contribution in [2.45, 2.75) is 26.5 Å². The van der Waals surface area contributed by atoms with Gasteiger partial charge in [0.15, 0.2) is 0 Å². The van der Waals surface area contributed by atoms with Gasteiger partial charge >= 0.3 is 6.09 Å². The fourth-order valence-corrected chi connectivity index (χ4v) is 1.18. The standard InChI is InChI=1S/C10H17N3O2/c1-8(2)15-10(14)12(3)6-9-5-11-13(4)7-9/h5,7-8H,6H2,1-4H3. The summed E-state index contributed by atoms with van der Waals surface area (Å²) in [6.07, 6.45) is 3.21. The zero-order valence-electron chi connectivity index (χ0n) is 9.60. The summed E-state index contributed by atoms with van der Waals surface area (Å²) in [5, 5.41) is 4.03. The monoisotopic (exact) mass is 211 g/mol. The summed E-state index contributed by atoms with van der Waals surface area (Å²) in [5.74, 6) is 0. The fraction of sp³-hybridized carbons (Fsp3) is 0.600. The molecule has 0 atom stereocenters. The van der Waals surface area contributed by atoms with E-state index in [0.717, 1.165) is 5.56 Å². The molecule has 0 aliphatic rings. The van der Waals surface area contributed by atoms with Crippen LogP contribution in [0.3, 0.4) is 0 Å². The molecule has 0 aromatic carbocycles. The molecule has 0 bridgehead atoms. The zero-order valence-corrected chi connectivity index (χ0v) is 9.60. The third-order valence-corrected chi connectivity index (χ3v) is 1.83. The van der Waals surface area contributed by atoms with E-state index in [2.05, 4.69) is 5.10 Å². The van der Waals surface area contributed by atoms with E-state index in [-0.39, 0.29) is 12.2 Å². The van der Waals surface area contributed by atoms with Crippen molar-refractivity contribution in [3.63, 3.8) is 0 Å². The lowest BCUT2D eigenvalue weighted by molar-refractivity contribution is 0.0822. The molecule has 5 nitrogen and oxygen atoms in total. The Morgan fingerprint density at radius 3 is 2.80 bits per heavy atom. The molecule has 0 aliphatic carbocycles. The molecule has 0 fully saturated rings. The first-order valence-electron chi connectivity index (χ1n) is 4.88. The Morgan fingerprint density at radius 2 is 2.33 bits per heavy atom. The van der Waals surface area contributed by atoms with E-state index >= 15 is 0 Å². The molecule has 84 valence electrons. The number of hydrogen-bond acceptors (Lipinski definition) is 3. The number of carbonyl (C=O) groups is 1. The first kappa shape index (κ1) is 11.6.